The third-order valence-corrected chi connectivity index (χ3v) is 4.56. The largest absolute Gasteiger partial charge is 0.497 e. The van der Waals surface area contributed by atoms with Crippen LogP contribution in [0.3, 0.4) is 0 Å². The van der Waals surface area contributed by atoms with Gasteiger partial charge in [-0.25, -0.2) is 4.79 Å². The lowest BCUT2D eigenvalue weighted by Crippen LogP contribution is -2.24. The molecule has 0 amide bonds. The van der Waals surface area contributed by atoms with E-state index in [4.69, 9.17) is 14.2 Å². The summed E-state index contributed by atoms with van der Waals surface area (Å²) in [4.78, 5) is 12.3. The van der Waals surface area contributed by atoms with Gasteiger partial charge in [-0.3, -0.25) is 0 Å². The number of fused-ring (bicyclic) bond motifs is 2. The zero-order valence-corrected chi connectivity index (χ0v) is 11.9. The molecule has 4 nitrogen and oxygen atoms in total. The molecule has 0 radical (unpaired) electrons. The standard InChI is InChI=1S/C16H20O4/c1-18-12-5-6-13(15(9-12)19-2)16(17)20-14-8-10-3-4-11(14)7-10/h5-6,9-11,14H,3-4,7-8H2,1-2H3. The summed E-state index contributed by atoms with van der Waals surface area (Å²) in [5.74, 6) is 2.20. The zero-order valence-electron chi connectivity index (χ0n) is 11.9. The number of carbonyl (C=O) groups excluding carboxylic acids is 1. The monoisotopic (exact) mass is 276 g/mol. The zero-order chi connectivity index (χ0) is 14.1. The van der Waals surface area contributed by atoms with Gasteiger partial charge in [-0.15, -0.1) is 0 Å². The van der Waals surface area contributed by atoms with E-state index in [1.807, 2.05) is 0 Å². The SMILES string of the molecule is COc1ccc(C(=O)OC2CC3CCC2C3)c(OC)c1. The second-order valence-electron chi connectivity index (χ2n) is 5.68. The van der Waals surface area contributed by atoms with Gasteiger partial charge in [0.2, 0.25) is 0 Å². The molecule has 0 N–H and O–H groups in total. The Labute approximate surface area is 119 Å². The first kappa shape index (κ1) is 13.3. The highest BCUT2D eigenvalue weighted by atomic mass is 16.5. The van der Waals surface area contributed by atoms with Gasteiger partial charge in [0.05, 0.1) is 14.2 Å². The number of hydrogen-bond donors (Lipinski definition) is 0. The van der Waals surface area contributed by atoms with Crippen molar-refractivity contribution in [2.75, 3.05) is 14.2 Å². The third kappa shape index (κ3) is 2.35. The number of rotatable bonds is 4. The fraction of sp³-hybridized carbons (Fsp3) is 0.562. The summed E-state index contributed by atoms with van der Waals surface area (Å²) in [6.45, 7) is 0. The number of methoxy groups -OCH3 is 2. The van der Waals surface area contributed by atoms with Crippen LogP contribution >= 0.6 is 0 Å². The van der Waals surface area contributed by atoms with Crippen LogP contribution in [0.2, 0.25) is 0 Å². The number of esters is 1. The molecule has 0 aliphatic heterocycles. The smallest absolute Gasteiger partial charge is 0.342 e. The predicted molar refractivity (Wildman–Crippen MR) is 74.2 cm³/mol. The fourth-order valence-electron chi connectivity index (χ4n) is 3.50. The Morgan fingerprint density at radius 1 is 1.15 bits per heavy atom. The van der Waals surface area contributed by atoms with Crippen molar-refractivity contribution in [1.29, 1.82) is 0 Å². The van der Waals surface area contributed by atoms with Crippen molar-refractivity contribution < 1.29 is 19.0 Å². The van der Waals surface area contributed by atoms with Crippen molar-refractivity contribution in [3.63, 3.8) is 0 Å². The topological polar surface area (TPSA) is 44.8 Å². The summed E-state index contributed by atoms with van der Waals surface area (Å²) in [5.41, 5.74) is 0.469. The quantitative estimate of drug-likeness (QED) is 0.793. The molecule has 3 atom stereocenters. The van der Waals surface area contributed by atoms with Crippen LogP contribution in [0.1, 0.15) is 36.0 Å². The molecule has 2 fully saturated rings. The lowest BCUT2D eigenvalue weighted by atomic mass is 9.98. The highest BCUT2D eigenvalue weighted by Crippen LogP contribution is 2.46. The molecule has 4 heteroatoms. The summed E-state index contributed by atoms with van der Waals surface area (Å²) < 4.78 is 16.1. The van der Waals surface area contributed by atoms with Crippen LogP contribution < -0.4 is 9.47 Å². The van der Waals surface area contributed by atoms with Gasteiger partial charge >= 0.3 is 5.97 Å². The van der Waals surface area contributed by atoms with Gasteiger partial charge in [0.25, 0.3) is 0 Å². The van der Waals surface area contributed by atoms with Crippen LogP contribution in [0.4, 0.5) is 0 Å². The Morgan fingerprint density at radius 3 is 2.60 bits per heavy atom. The molecule has 0 spiro atoms. The molecule has 0 aromatic heterocycles. The minimum atomic E-state index is -0.290. The van der Waals surface area contributed by atoms with Gasteiger partial charge in [-0.1, -0.05) is 0 Å². The van der Waals surface area contributed by atoms with Gasteiger partial charge < -0.3 is 14.2 Å². The maximum Gasteiger partial charge on any atom is 0.342 e. The molecule has 3 rings (SSSR count). The van der Waals surface area contributed by atoms with E-state index in [9.17, 15) is 4.79 Å². The maximum absolute atomic E-state index is 12.3. The number of hydrogen-bond acceptors (Lipinski definition) is 4. The molecule has 0 heterocycles. The molecule has 2 aliphatic carbocycles. The molecule has 3 unspecified atom stereocenters. The van der Waals surface area contributed by atoms with Gasteiger partial charge in [-0.05, 0) is 49.7 Å². The molecule has 1 aromatic carbocycles. The van der Waals surface area contributed by atoms with E-state index in [2.05, 4.69) is 0 Å². The molecule has 0 saturated heterocycles. The van der Waals surface area contributed by atoms with Gasteiger partial charge in [-0.2, -0.15) is 0 Å². The maximum atomic E-state index is 12.3. The van der Waals surface area contributed by atoms with Crippen LogP contribution in [0.15, 0.2) is 18.2 Å². The van der Waals surface area contributed by atoms with E-state index in [1.165, 1.54) is 19.3 Å². The van der Waals surface area contributed by atoms with Crippen molar-refractivity contribution in [2.45, 2.75) is 31.8 Å². The molecule has 1 aromatic rings. The lowest BCUT2D eigenvalue weighted by Gasteiger charge is -2.22. The normalized spacial score (nSPS) is 27.4. The molecule has 2 bridgehead atoms. The summed E-state index contributed by atoms with van der Waals surface area (Å²) in [6, 6.07) is 5.16. The lowest BCUT2D eigenvalue weighted by molar-refractivity contribution is 0.0155. The summed E-state index contributed by atoms with van der Waals surface area (Å²) in [5, 5.41) is 0. The molecular weight excluding hydrogens is 256 g/mol. The van der Waals surface area contributed by atoms with E-state index >= 15 is 0 Å². The summed E-state index contributed by atoms with van der Waals surface area (Å²) in [6.07, 6.45) is 4.83. The van der Waals surface area contributed by atoms with Crippen molar-refractivity contribution in [1.82, 2.24) is 0 Å². The predicted octanol–water partition coefficient (Wildman–Crippen LogP) is 3.05. The first-order valence-corrected chi connectivity index (χ1v) is 7.14. The Kier molecular flexibility index (Phi) is 3.55. The molecule has 108 valence electrons. The van der Waals surface area contributed by atoms with Crippen molar-refractivity contribution in [3.8, 4) is 11.5 Å². The van der Waals surface area contributed by atoms with Crippen LogP contribution in [0, 0.1) is 11.8 Å². The first-order chi connectivity index (χ1) is 9.71. The van der Waals surface area contributed by atoms with Crippen molar-refractivity contribution in [3.05, 3.63) is 23.8 Å². The number of carbonyl (C=O) groups is 1. The molecule has 2 aliphatic rings. The molecule has 2 saturated carbocycles. The van der Waals surface area contributed by atoms with E-state index in [-0.39, 0.29) is 12.1 Å². The summed E-state index contributed by atoms with van der Waals surface area (Å²) >= 11 is 0. The van der Waals surface area contributed by atoms with Gasteiger partial charge in [0.1, 0.15) is 23.2 Å². The minimum absolute atomic E-state index is 0.0908. The molecule has 20 heavy (non-hydrogen) atoms. The first-order valence-electron chi connectivity index (χ1n) is 7.14. The Hall–Kier alpha value is -1.71. The Bertz CT molecular complexity index is 511. The van der Waals surface area contributed by atoms with Crippen LogP contribution in [0.5, 0.6) is 11.5 Å². The Balaban J connectivity index is 1.73. The van der Waals surface area contributed by atoms with Crippen molar-refractivity contribution in [2.24, 2.45) is 11.8 Å². The van der Waals surface area contributed by atoms with Gasteiger partial charge in [0, 0.05) is 6.07 Å². The number of benzene rings is 1. The van der Waals surface area contributed by atoms with E-state index in [0.29, 0.717) is 23.0 Å². The second-order valence-corrected chi connectivity index (χ2v) is 5.68. The summed E-state index contributed by atoms with van der Waals surface area (Å²) in [7, 11) is 3.13. The fourth-order valence-corrected chi connectivity index (χ4v) is 3.50. The van der Waals surface area contributed by atoms with E-state index in [1.54, 1.807) is 32.4 Å². The second kappa shape index (κ2) is 5.35. The van der Waals surface area contributed by atoms with Gasteiger partial charge in [0.15, 0.2) is 0 Å². The molecular formula is C16H20O4. The minimum Gasteiger partial charge on any atom is -0.497 e. The Morgan fingerprint density at radius 2 is 2.00 bits per heavy atom. The highest BCUT2D eigenvalue weighted by Gasteiger charge is 2.41. The van der Waals surface area contributed by atoms with Crippen LogP contribution in [0.25, 0.3) is 0 Å². The van der Waals surface area contributed by atoms with Crippen molar-refractivity contribution >= 4 is 5.97 Å². The highest BCUT2D eigenvalue weighted by molar-refractivity contribution is 5.93. The third-order valence-electron chi connectivity index (χ3n) is 4.56. The van der Waals surface area contributed by atoms with Crippen LogP contribution in [-0.4, -0.2) is 26.3 Å². The average Bonchev–Trinajstić information content (AvgIpc) is 3.09. The number of ether oxygens (including phenoxy) is 3. The van der Waals surface area contributed by atoms with E-state index in [0.717, 1.165) is 12.3 Å². The van der Waals surface area contributed by atoms with Crippen LogP contribution in [-0.2, 0) is 4.74 Å². The van der Waals surface area contributed by atoms with E-state index < -0.39 is 0 Å². The average molecular weight is 276 g/mol.